The second kappa shape index (κ2) is 8.48. The first kappa shape index (κ1) is 19.9. The van der Waals surface area contributed by atoms with E-state index >= 15 is 0 Å². The Balaban J connectivity index is 1.79. The van der Waals surface area contributed by atoms with Gasteiger partial charge in [-0.2, -0.15) is 0 Å². The maximum atomic E-state index is 13.9. The number of amides is 2. The number of methoxy groups -OCH3 is 2. The molecule has 8 heteroatoms. The Morgan fingerprint density at radius 2 is 1.86 bits per heavy atom. The molecule has 1 aliphatic rings. The summed E-state index contributed by atoms with van der Waals surface area (Å²) in [6.45, 7) is 0.434. The number of carbonyl (C=O) groups is 2. The van der Waals surface area contributed by atoms with E-state index in [1.807, 2.05) is 0 Å². The average molecular weight is 407 g/mol. The molecule has 0 bridgehead atoms. The van der Waals surface area contributed by atoms with Crippen molar-refractivity contribution >= 4 is 29.1 Å². The number of rotatable bonds is 5. The maximum Gasteiger partial charge on any atom is 0.258 e. The first-order chi connectivity index (χ1) is 13.4. The van der Waals surface area contributed by atoms with Crippen LogP contribution in [0.15, 0.2) is 36.4 Å². The Labute approximate surface area is 167 Å². The summed E-state index contributed by atoms with van der Waals surface area (Å²) in [6, 6.07) is 8.25. The Hall–Kier alpha value is -2.80. The molecule has 0 saturated carbocycles. The van der Waals surface area contributed by atoms with Crippen molar-refractivity contribution in [2.45, 2.75) is 18.9 Å². The van der Waals surface area contributed by atoms with Crippen LogP contribution in [0.5, 0.6) is 11.5 Å². The number of nitrogens with zero attached hydrogens (tertiary/aromatic N) is 1. The predicted molar refractivity (Wildman–Crippen MR) is 104 cm³/mol. The molecule has 2 aromatic rings. The minimum Gasteiger partial charge on any atom is -0.496 e. The van der Waals surface area contributed by atoms with Gasteiger partial charge in [0.2, 0.25) is 5.91 Å². The van der Waals surface area contributed by atoms with Gasteiger partial charge < -0.3 is 19.7 Å². The molecule has 0 aromatic heterocycles. The number of benzene rings is 2. The highest BCUT2D eigenvalue weighted by Gasteiger charge is 2.35. The topological polar surface area (TPSA) is 67.9 Å². The lowest BCUT2D eigenvalue weighted by Crippen LogP contribution is -2.43. The fourth-order valence-corrected chi connectivity index (χ4v) is 3.43. The largest absolute Gasteiger partial charge is 0.496 e. The standard InChI is InChI=1S/C20H20ClFN2O4/c1-27-17-7-5-12(21)10-14(17)20(26)24-9-3-4-16(24)19(25)23-13-6-8-18(28-2)15(22)11-13/h5-8,10-11,16H,3-4,9H2,1-2H3,(H,23,25). The molecule has 6 nitrogen and oxygen atoms in total. The van der Waals surface area contributed by atoms with E-state index in [9.17, 15) is 14.0 Å². The number of ether oxygens (including phenoxy) is 2. The smallest absolute Gasteiger partial charge is 0.258 e. The highest BCUT2D eigenvalue weighted by atomic mass is 35.5. The molecule has 1 heterocycles. The van der Waals surface area contributed by atoms with Gasteiger partial charge in [-0.15, -0.1) is 0 Å². The van der Waals surface area contributed by atoms with E-state index in [0.29, 0.717) is 41.4 Å². The van der Waals surface area contributed by atoms with Gasteiger partial charge in [0.1, 0.15) is 11.8 Å². The zero-order valence-corrected chi connectivity index (χ0v) is 16.3. The number of hydrogen-bond donors (Lipinski definition) is 1. The number of hydrogen-bond acceptors (Lipinski definition) is 4. The van der Waals surface area contributed by atoms with Crippen molar-refractivity contribution in [1.29, 1.82) is 0 Å². The van der Waals surface area contributed by atoms with E-state index < -0.39 is 11.9 Å². The second-order valence-corrected chi connectivity index (χ2v) is 6.78. The number of halogens is 2. The summed E-state index contributed by atoms with van der Waals surface area (Å²) in [4.78, 5) is 27.2. The summed E-state index contributed by atoms with van der Waals surface area (Å²) in [5.74, 6) is -0.820. The summed E-state index contributed by atoms with van der Waals surface area (Å²) in [6.07, 6.45) is 1.20. The lowest BCUT2D eigenvalue weighted by atomic mass is 10.1. The molecule has 1 saturated heterocycles. The van der Waals surface area contributed by atoms with Crippen LogP contribution >= 0.6 is 11.6 Å². The third kappa shape index (κ3) is 4.04. The van der Waals surface area contributed by atoms with Gasteiger partial charge in [0.05, 0.1) is 19.8 Å². The number of nitrogens with one attached hydrogen (secondary N) is 1. The van der Waals surface area contributed by atoms with E-state index in [0.717, 1.165) is 0 Å². The maximum absolute atomic E-state index is 13.9. The lowest BCUT2D eigenvalue weighted by molar-refractivity contribution is -0.119. The molecular formula is C20H20ClFN2O4. The highest BCUT2D eigenvalue weighted by molar-refractivity contribution is 6.31. The Kier molecular flexibility index (Phi) is 6.04. The van der Waals surface area contributed by atoms with Crippen LogP contribution in [0.1, 0.15) is 23.2 Å². The van der Waals surface area contributed by atoms with Gasteiger partial charge in [-0.25, -0.2) is 4.39 Å². The van der Waals surface area contributed by atoms with Crippen LogP contribution in [0, 0.1) is 5.82 Å². The second-order valence-electron chi connectivity index (χ2n) is 6.34. The fourth-order valence-electron chi connectivity index (χ4n) is 3.25. The van der Waals surface area contributed by atoms with Crippen LogP contribution in [0.4, 0.5) is 10.1 Å². The molecule has 1 fully saturated rings. The van der Waals surface area contributed by atoms with Crippen LogP contribution in [-0.2, 0) is 4.79 Å². The van der Waals surface area contributed by atoms with E-state index in [4.69, 9.17) is 21.1 Å². The predicted octanol–water partition coefficient (Wildman–Crippen LogP) is 3.74. The van der Waals surface area contributed by atoms with E-state index in [-0.39, 0.29) is 17.6 Å². The molecular weight excluding hydrogens is 387 g/mol. The van der Waals surface area contributed by atoms with Gasteiger partial charge in [0, 0.05) is 23.3 Å². The number of carbonyl (C=O) groups excluding carboxylic acids is 2. The monoisotopic (exact) mass is 406 g/mol. The van der Waals surface area contributed by atoms with E-state index in [1.165, 1.54) is 37.3 Å². The summed E-state index contributed by atoms with van der Waals surface area (Å²) in [5, 5.41) is 3.07. The molecule has 2 aromatic carbocycles. The molecule has 0 aliphatic carbocycles. The normalized spacial score (nSPS) is 16.0. The molecule has 1 unspecified atom stereocenters. The Morgan fingerprint density at radius 1 is 1.14 bits per heavy atom. The third-order valence-electron chi connectivity index (χ3n) is 4.63. The molecule has 1 atom stereocenters. The van der Waals surface area contributed by atoms with Crippen molar-refractivity contribution in [2.24, 2.45) is 0 Å². The lowest BCUT2D eigenvalue weighted by Gasteiger charge is -2.25. The van der Waals surface area contributed by atoms with Crippen molar-refractivity contribution in [3.63, 3.8) is 0 Å². The van der Waals surface area contributed by atoms with E-state index in [2.05, 4.69) is 5.32 Å². The quantitative estimate of drug-likeness (QED) is 0.821. The molecule has 1 aliphatic heterocycles. The summed E-state index contributed by atoms with van der Waals surface area (Å²) in [5.41, 5.74) is 0.591. The molecule has 0 radical (unpaired) electrons. The summed E-state index contributed by atoms with van der Waals surface area (Å²) in [7, 11) is 2.83. The van der Waals surface area contributed by atoms with Gasteiger partial charge in [-0.1, -0.05) is 11.6 Å². The van der Waals surface area contributed by atoms with Gasteiger partial charge in [0.15, 0.2) is 11.6 Å². The van der Waals surface area contributed by atoms with Crippen molar-refractivity contribution in [2.75, 3.05) is 26.1 Å². The van der Waals surface area contributed by atoms with Gasteiger partial charge >= 0.3 is 0 Å². The third-order valence-corrected chi connectivity index (χ3v) is 4.86. The Bertz CT molecular complexity index is 906. The van der Waals surface area contributed by atoms with Crippen LogP contribution in [0.2, 0.25) is 5.02 Å². The molecule has 148 valence electrons. The van der Waals surface area contributed by atoms with Crippen molar-refractivity contribution in [3.05, 3.63) is 52.8 Å². The first-order valence-corrected chi connectivity index (χ1v) is 9.11. The van der Waals surface area contributed by atoms with Crippen LogP contribution in [0.25, 0.3) is 0 Å². The zero-order valence-electron chi connectivity index (χ0n) is 15.5. The number of anilines is 1. The number of likely N-dealkylation sites (tertiary alicyclic amines) is 1. The molecule has 28 heavy (non-hydrogen) atoms. The van der Waals surface area contributed by atoms with Crippen molar-refractivity contribution < 1.29 is 23.5 Å². The van der Waals surface area contributed by atoms with Crippen molar-refractivity contribution in [3.8, 4) is 11.5 Å². The van der Waals surface area contributed by atoms with Crippen LogP contribution in [0.3, 0.4) is 0 Å². The highest BCUT2D eigenvalue weighted by Crippen LogP contribution is 2.28. The van der Waals surface area contributed by atoms with Crippen LogP contribution < -0.4 is 14.8 Å². The average Bonchev–Trinajstić information content (AvgIpc) is 3.17. The Morgan fingerprint density at radius 3 is 2.54 bits per heavy atom. The molecule has 2 amide bonds. The summed E-state index contributed by atoms with van der Waals surface area (Å²) >= 11 is 6.02. The molecule has 0 spiro atoms. The minimum absolute atomic E-state index is 0.0868. The van der Waals surface area contributed by atoms with Gasteiger partial charge in [-0.05, 0) is 43.2 Å². The van der Waals surface area contributed by atoms with E-state index in [1.54, 1.807) is 18.2 Å². The molecule has 1 N–H and O–H groups in total. The van der Waals surface area contributed by atoms with Crippen molar-refractivity contribution in [1.82, 2.24) is 4.90 Å². The zero-order chi connectivity index (χ0) is 20.3. The first-order valence-electron chi connectivity index (χ1n) is 8.73. The van der Waals surface area contributed by atoms with Gasteiger partial charge in [-0.3, -0.25) is 9.59 Å². The minimum atomic E-state index is -0.665. The van der Waals surface area contributed by atoms with Crippen LogP contribution in [-0.4, -0.2) is 43.5 Å². The molecule has 3 rings (SSSR count). The van der Waals surface area contributed by atoms with Gasteiger partial charge in [0.25, 0.3) is 5.91 Å². The fraction of sp³-hybridized carbons (Fsp3) is 0.300. The SMILES string of the molecule is COc1ccc(NC(=O)C2CCCN2C(=O)c2cc(Cl)ccc2OC)cc1F. The summed E-state index contributed by atoms with van der Waals surface area (Å²) < 4.78 is 24.0.